The Balaban J connectivity index is 1.77. The highest BCUT2D eigenvalue weighted by molar-refractivity contribution is 9.10. The number of thioether (sulfide) groups is 1. The van der Waals surface area contributed by atoms with Gasteiger partial charge in [0.25, 0.3) is 0 Å². The summed E-state index contributed by atoms with van der Waals surface area (Å²) in [6, 6.07) is 15.8. The highest BCUT2D eigenvalue weighted by atomic mass is 79.9. The van der Waals surface area contributed by atoms with Crippen LogP contribution < -0.4 is 4.74 Å². The number of rotatable bonds is 3. The van der Waals surface area contributed by atoms with Crippen LogP contribution in [0.25, 0.3) is 5.70 Å². The van der Waals surface area contributed by atoms with Gasteiger partial charge in [-0.2, -0.15) is 0 Å². The summed E-state index contributed by atoms with van der Waals surface area (Å²) < 4.78 is 6.24. The lowest BCUT2D eigenvalue weighted by atomic mass is 10.0. The molecule has 0 radical (unpaired) electrons. The Morgan fingerprint density at radius 3 is 2.56 bits per heavy atom. The fraction of sp³-hybridized carbons (Fsp3) is 0.158. The van der Waals surface area contributed by atoms with E-state index < -0.39 is 0 Å². The standard InChI is InChI=1S/C19H15BrN2O2S/c1-24-15-8-4-12(5-9-15)16-10-17(13-2-6-14(20)7-3-13)22-18(23)11-25-19(22)21-16/h2-10,17H,11H2,1H3/t17-/m1/s1. The summed E-state index contributed by atoms with van der Waals surface area (Å²) in [6.07, 6.45) is 2.05. The third-order valence-corrected chi connectivity index (χ3v) is 5.67. The van der Waals surface area contributed by atoms with Gasteiger partial charge in [0.15, 0.2) is 5.17 Å². The van der Waals surface area contributed by atoms with Crippen molar-refractivity contribution in [3.05, 3.63) is 70.2 Å². The van der Waals surface area contributed by atoms with Gasteiger partial charge >= 0.3 is 0 Å². The van der Waals surface area contributed by atoms with Gasteiger partial charge in [0.1, 0.15) is 5.75 Å². The number of amidine groups is 1. The molecule has 2 aromatic carbocycles. The number of carbonyl (C=O) groups excluding carboxylic acids is 1. The molecule has 2 aliphatic rings. The van der Waals surface area contributed by atoms with Crippen LogP contribution in [0.3, 0.4) is 0 Å². The average molecular weight is 415 g/mol. The number of hydrogen-bond acceptors (Lipinski definition) is 4. The molecule has 25 heavy (non-hydrogen) atoms. The molecule has 2 aliphatic heterocycles. The van der Waals surface area contributed by atoms with Gasteiger partial charge in [-0.3, -0.25) is 9.69 Å². The lowest BCUT2D eigenvalue weighted by Gasteiger charge is -2.29. The zero-order valence-electron chi connectivity index (χ0n) is 13.5. The molecule has 1 fully saturated rings. The lowest BCUT2D eigenvalue weighted by molar-refractivity contribution is -0.125. The minimum absolute atomic E-state index is 0.0988. The first-order valence-electron chi connectivity index (χ1n) is 7.81. The largest absolute Gasteiger partial charge is 0.497 e. The summed E-state index contributed by atoms with van der Waals surface area (Å²) >= 11 is 4.96. The molecule has 4 rings (SSSR count). The third-order valence-electron chi connectivity index (χ3n) is 4.21. The minimum atomic E-state index is -0.139. The quantitative estimate of drug-likeness (QED) is 0.742. The topological polar surface area (TPSA) is 41.9 Å². The Hall–Kier alpha value is -2.05. The van der Waals surface area contributed by atoms with Gasteiger partial charge < -0.3 is 4.74 Å². The molecule has 0 spiro atoms. The van der Waals surface area contributed by atoms with E-state index in [4.69, 9.17) is 9.73 Å². The number of nitrogens with zero attached hydrogens (tertiary/aromatic N) is 2. The Morgan fingerprint density at radius 1 is 1.16 bits per heavy atom. The molecule has 2 heterocycles. The van der Waals surface area contributed by atoms with Gasteiger partial charge in [0, 0.05) is 10.0 Å². The number of amides is 1. The van der Waals surface area contributed by atoms with Crippen LogP contribution in [0.1, 0.15) is 17.2 Å². The molecule has 6 heteroatoms. The van der Waals surface area contributed by atoms with Crippen molar-refractivity contribution >= 4 is 44.5 Å². The summed E-state index contributed by atoms with van der Waals surface area (Å²) in [5.41, 5.74) is 2.96. The van der Waals surface area contributed by atoms with E-state index >= 15 is 0 Å². The maximum atomic E-state index is 12.4. The summed E-state index contributed by atoms with van der Waals surface area (Å²) in [6.45, 7) is 0. The number of fused-ring (bicyclic) bond motifs is 1. The maximum absolute atomic E-state index is 12.4. The third kappa shape index (κ3) is 3.12. The van der Waals surface area contributed by atoms with Crippen molar-refractivity contribution < 1.29 is 9.53 Å². The number of aliphatic imine (C=N–C) groups is 1. The number of ether oxygens (including phenoxy) is 1. The Morgan fingerprint density at radius 2 is 1.88 bits per heavy atom. The van der Waals surface area contributed by atoms with Crippen molar-refractivity contribution in [2.75, 3.05) is 12.9 Å². The first-order valence-corrected chi connectivity index (χ1v) is 9.59. The van der Waals surface area contributed by atoms with Gasteiger partial charge in [0.2, 0.25) is 5.91 Å². The van der Waals surface area contributed by atoms with E-state index in [9.17, 15) is 4.79 Å². The highest BCUT2D eigenvalue weighted by Gasteiger charge is 2.37. The summed E-state index contributed by atoms with van der Waals surface area (Å²) in [5.74, 6) is 1.35. The van der Waals surface area contributed by atoms with E-state index in [-0.39, 0.29) is 11.9 Å². The fourth-order valence-corrected chi connectivity index (χ4v) is 4.10. The smallest absolute Gasteiger partial charge is 0.239 e. The number of benzene rings is 2. The molecule has 0 aliphatic carbocycles. The molecule has 0 aromatic heterocycles. The van der Waals surface area contributed by atoms with Crippen LogP contribution in [0, 0.1) is 0 Å². The molecule has 0 unspecified atom stereocenters. The highest BCUT2D eigenvalue weighted by Crippen LogP contribution is 2.38. The van der Waals surface area contributed by atoms with E-state index in [1.54, 1.807) is 12.0 Å². The van der Waals surface area contributed by atoms with E-state index in [1.165, 1.54) is 11.8 Å². The van der Waals surface area contributed by atoms with Crippen molar-refractivity contribution in [3.8, 4) is 5.75 Å². The van der Waals surface area contributed by atoms with Crippen LogP contribution in [-0.4, -0.2) is 28.8 Å². The summed E-state index contributed by atoms with van der Waals surface area (Å²) in [4.78, 5) is 18.9. The monoisotopic (exact) mass is 414 g/mol. The Labute approximate surface area is 158 Å². The molecule has 4 nitrogen and oxygen atoms in total. The molecule has 1 atom stereocenters. The average Bonchev–Trinajstić information content (AvgIpc) is 3.03. The number of hydrogen-bond donors (Lipinski definition) is 0. The van der Waals surface area contributed by atoms with Gasteiger partial charge in [-0.1, -0.05) is 39.8 Å². The van der Waals surface area contributed by atoms with E-state index in [1.807, 2.05) is 48.5 Å². The fourth-order valence-electron chi connectivity index (χ4n) is 2.92. The van der Waals surface area contributed by atoms with Crippen molar-refractivity contribution in [1.82, 2.24) is 4.90 Å². The van der Waals surface area contributed by atoms with Crippen LogP contribution in [0.5, 0.6) is 5.75 Å². The Kier molecular flexibility index (Phi) is 4.39. The second kappa shape index (κ2) is 6.69. The molecule has 1 saturated heterocycles. The minimum Gasteiger partial charge on any atom is -0.497 e. The van der Waals surface area contributed by atoms with E-state index in [0.717, 1.165) is 32.2 Å². The zero-order chi connectivity index (χ0) is 17.4. The summed E-state index contributed by atoms with van der Waals surface area (Å²) in [5, 5.41) is 0.770. The SMILES string of the molecule is COc1ccc(C2=C[C@H](c3ccc(Br)cc3)N3C(=O)CSC3=N2)cc1. The molecular weight excluding hydrogens is 400 g/mol. The van der Waals surface area contributed by atoms with Gasteiger partial charge in [-0.05, 0) is 48.0 Å². The second-order valence-corrected chi connectivity index (χ2v) is 7.58. The van der Waals surface area contributed by atoms with E-state index in [0.29, 0.717) is 5.75 Å². The van der Waals surface area contributed by atoms with Gasteiger partial charge in [-0.15, -0.1) is 0 Å². The normalized spacial score (nSPS) is 19.4. The lowest BCUT2D eigenvalue weighted by Crippen LogP contribution is -2.34. The van der Waals surface area contributed by atoms with E-state index in [2.05, 4.69) is 22.0 Å². The Bertz CT molecular complexity index is 875. The van der Waals surface area contributed by atoms with Crippen LogP contribution in [-0.2, 0) is 4.79 Å². The molecule has 0 saturated carbocycles. The van der Waals surface area contributed by atoms with Gasteiger partial charge in [0.05, 0.1) is 24.6 Å². The molecule has 0 bridgehead atoms. The number of methoxy groups -OCH3 is 1. The van der Waals surface area contributed by atoms with Crippen molar-refractivity contribution in [1.29, 1.82) is 0 Å². The molecular formula is C19H15BrN2O2S. The van der Waals surface area contributed by atoms with Crippen molar-refractivity contribution in [3.63, 3.8) is 0 Å². The van der Waals surface area contributed by atoms with Crippen LogP contribution in [0.4, 0.5) is 0 Å². The van der Waals surface area contributed by atoms with Crippen LogP contribution in [0.2, 0.25) is 0 Å². The molecule has 2 aromatic rings. The first-order chi connectivity index (χ1) is 12.2. The predicted octanol–water partition coefficient (Wildman–Crippen LogP) is 4.48. The van der Waals surface area contributed by atoms with Crippen LogP contribution in [0.15, 0.2) is 64.1 Å². The summed E-state index contributed by atoms with van der Waals surface area (Å²) in [7, 11) is 1.65. The molecule has 1 amide bonds. The molecule has 0 N–H and O–H groups in total. The second-order valence-electron chi connectivity index (χ2n) is 5.72. The van der Waals surface area contributed by atoms with Gasteiger partial charge in [-0.25, -0.2) is 4.99 Å². The number of carbonyl (C=O) groups is 1. The van der Waals surface area contributed by atoms with Crippen LogP contribution >= 0.6 is 27.7 Å². The number of halogens is 1. The van der Waals surface area contributed by atoms with Crippen molar-refractivity contribution in [2.24, 2.45) is 4.99 Å². The zero-order valence-corrected chi connectivity index (χ0v) is 15.9. The van der Waals surface area contributed by atoms with Crippen molar-refractivity contribution in [2.45, 2.75) is 6.04 Å². The maximum Gasteiger partial charge on any atom is 0.239 e. The molecule has 126 valence electrons. The first kappa shape index (κ1) is 16.4. The predicted molar refractivity (Wildman–Crippen MR) is 105 cm³/mol.